The van der Waals surface area contributed by atoms with Crippen molar-refractivity contribution in [3.8, 4) is 11.5 Å². The van der Waals surface area contributed by atoms with Crippen molar-refractivity contribution in [1.82, 2.24) is 0 Å². The summed E-state index contributed by atoms with van der Waals surface area (Å²) >= 11 is 6.78. The Labute approximate surface area is 191 Å². The number of para-hydroxylation sites is 1. The molecule has 0 heterocycles. The summed E-state index contributed by atoms with van der Waals surface area (Å²) in [7, 11) is 3.13. The molecule has 0 unspecified atom stereocenters. The van der Waals surface area contributed by atoms with Crippen molar-refractivity contribution in [2.75, 3.05) is 35.9 Å². The Morgan fingerprint density at radius 3 is 2.19 bits per heavy atom. The molecule has 0 aliphatic heterocycles. The zero-order valence-electron chi connectivity index (χ0n) is 17.2. The van der Waals surface area contributed by atoms with Crippen LogP contribution in [-0.2, 0) is 4.79 Å². The van der Waals surface area contributed by atoms with Crippen molar-refractivity contribution in [3.63, 3.8) is 0 Å². The van der Waals surface area contributed by atoms with E-state index in [4.69, 9.17) is 21.7 Å². The molecular weight excluding hydrogens is 430 g/mol. The maximum atomic E-state index is 12.3. The van der Waals surface area contributed by atoms with E-state index in [1.165, 1.54) is 11.8 Å². The summed E-state index contributed by atoms with van der Waals surface area (Å²) < 4.78 is 10.5. The van der Waals surface area contributed by atoms with Gasteiger partial charge in [-0.2, -0.15) is 0 Å². The number of ether oxygens (including phenoxy) is 2. The summed E-state index contributed by atoms with van der Waals surface area (Å²) in [4.78, 5) is 13.3. The first kappa shape index (κ1) is 22.5. The highest BCUT2D eigenvalue weighted by atomic mass is 32.2. The monoisotopic (exact) mass is 453 g/mol. The molecule has 0 spiro atoms. The SMILES string of the molecule is COc1ccc(NC(=O)CSc2ccc(NC(=S)Nc3ccccc3)cc2)c(OC)c1. The third-order valence-corrected chi connectivity index (χ3v) is 5.41. The van der Waals surface area contributed by atoms with Crippen LogP contribution < -0.4 is 25.4 Å². The highest BCUT2D eigenvalue weighted by Crippen LogP contribution is 2.29. The molecule has 0 aromatic heterocycles. The molecule has 0 saturated heterocycles. The molecule has 3 aromatic rings. The standard InChI is InChI=1S/C23H23N3O3S2/c1-28-18-10-13-20(21(14-18)29-2)26-22(27)15-31-19-11-8-17(9-12-19)25-23(30)24-16-6-4-3-5-7-16/h3-14H,15H2,1-2H3,(H,26,27)(H2,24,25,30). The fourth-order valence-corrected chi connectivity index (χ4v) is 3.62. The van der Waals surface area contributed by atoms with Gasteiger partial charge in [0, 0.05) is 22.3 Å². The van der Waals surface area contributed by atoms with Crippen LogP contribution in [0.2, 0.25) is 0 Å². The highest BCUT2D eigenvalue weighted by Gasteiger charge is 2.09. The number of methoxy groups -OCH3 is 2. The fraction of sp³-hybridized carbons (Fsp3) is 0.130. The Morgan fingerprint density at radius 1 is 0.871 bits per heavy atom. The molecule has 3 rings (SSSR count). The Bertz CT molecular complexity index is 1030. The zero-order valence-corrected chi connectivity index (χ0v) is 18.8. The van der Waals surface area contributed by atoms with Gasteiger partial charge >= 0.3 is 0 Å². The molecule has 0 saturated carbocycles. The van der Waals surface area contributed by atoms with Gasteiger partial charge in [-0.15, -0.1) is 11.8 Å². The van der Waals surface area contributed by atoms with Crippen molar-refractivity contribution in [2.45, 2.75) is 4.90 Å². The maximum absolute atomic E-state index is 12.3. The van der Waals surface area contributed by atoms with Gasteiger partial charge < -0.3 is 25.4 Å². The minimum absolute atomic E-state index is 0.121. The first-order valence-electron chi connectivity index (χ1n) is 9.45. The molecule has 3 aromatic carbocycles. The zero-order chi connectivity index (χ0) is 22.1. The quantitative estimate of drug-likeness (QED) is 0.318. The Morgan fingerprint density at radius 2 is 1.55 bits per heavy atom. The highest BCUT2D eigenvalue weighted by molar-refractivity contribution is 8.00. The first-order valence-corrected chi connectivity index (χ1v) is 10.8. The molecule has 8 heteroatoms. The largest absolute Gasteiger partial charge is 0.497 e. The molecule has 0 aliphatic rings. The molecule has 0 radical (unpaired) electrons. The molecule has 3 N–H and O–H groups in total. The van der Waals surface area contributed by atoms with Gasteiger partial charge in [-0.25, -0.2) is 0 Å². The van der Waals surface area contributed by atoms with E-state index in [0.29, 0.717) is 22.3 Å². The molecule has 0 atom stereocenters. The Balaban J connectivity index is 1.49. The van der Waals surface area contributed by atoms with E-state index < -0.39 is 0 Å². The fourth-order valence-electron chi connectivity index (χ4n) is 2.69. The summed E-state index contributed by atoms with van der Waals surface area (Å²) in [6.07, 6.45) is 0. The lowest BCUT2D eigenvalue weighted by Gasteiger charge is -2.12. The number of thioether (sulfide) groups is 1. The van der Waals surface area contributed by atoms with Gasteiger partial charge in [0.2, 0.25) is 5.91 Å². The molecule has 0 fully saturated rings. The normalized spacial score (nSPS) is 10.1. The Hall–Kier alpha value is -3.23. The molecule has 1 amide bonds. The van der Waals surface area contributed by atoms with Crippen molar-refractivity contribution in [2.24, 2.45) is 0 Å². The van der Waals surface area contributed by atoms with Crippen LogP contribution in [0.15, 0.2) is 77.7 Å². The molecule has 6 nitrogen and oxygen atoms in total. The van der Waals surface area contributed by atoms with Crippen molar-refractivity contribution in [1.29, 1.82) is 0 Å². The summed E-state index contributed by atoms with van der Waals surface area (Å²) in [5, 5.41) is 9.65. The van der Waals surface area contributed by atoms with Crippen molar-refractivity contribution < 1.29 is 14.3 Å². The number of carbonyl (C=O) groups excluding carboxylic acids is 1. The summed E-state index contributed by atoms with van der Waals surface area (Å²) in [5.74, 6) is 1.36. The van der Waals surface area contributed by atoms with Crippen LogP contribution >= 0.6 is 24.0 Å². The second kappa shape index (κ2) is 11.2. The maximum Gasteiger partial charge on any atom is 0.234 e. The third kappa shape index (κ3) is 6.91. The van der Waals surface area contributed by atoms with Gasteiger partial charge in [0.25, 0.3) is 0 Å². The van der Waals surface area contributed by atoms with Gasteiger partial charge in [-0.1, -0.05) is 18.2 Å². The smallest absolute Gasteiger partial charge is 0.234 e. The molecule has 31 heavy (non-hydrogen) atoms. The van der Waals surface area contributed by atoms with E-state index in [2.05, 4.69) is 16.0 Å². The number of nitrogens with one attached hydrogen (secondary N) is 3. The predicted octanol–water partition coefficient (Wildman–Crippen LogP) is 5.24. The predicted molar refractivity (Wildman–Crippen MR) is 132 cm³/mol. The van der Waals surface area contributed by atoms with Crippen LogP contribution in [0.4, 0.5) is 17.1 Å². The number of anilines is 3. The van der Waals surface area contributed by atoms with Crippen molar-refractivity contribution in [3.05, 3.63) is 72.8 Å². The third-order valence-electron chi connectivity index (χ3n) is 4.20. The van der Waals surface area contributed by atoms with Gasteiger partial charge in [0.05, 0.1) is 25.7 Å². The Kier molecular flexibility index (Phi) is 8.14. The lowest BCUT2D eigenvalue weighted by molar-refractivity contribution is -0.113. The van der Waals surface area contributed by atoms with E-state index in [-0.39, 0.29) is 11.7 Å². The molecular formula is C23H23N3O3S2. The number of amides is 1. The van der Waals surface area contributed by atoms with Gasteiger partial charge in [-0.3, -0.25) is 4.79 Å². The van der Waals surface area contributed by atoms with Crippen LogP contribution in [0.25, 0.3) is 0 Å². The van der Waals surface area contributed by atoms with Gasteiger partial charge in [-0.05, 0) is 60.7 Å². The average molecular weight is 454 g/mol. The van der Waals surface area contributed by atoms with E-state index in [0.717, 1.165) is 16.3 Å². The minimum atomic E-state index is -0.121. The van der Waals surface area contributed by atoms with Crippen LogP contribution in [0, 0.1) is 0 Å². The second-order valence-electron chi connectivity index (χ2n) is 6.37. The van der Waals surface area contributed by atoms with E-state index in [1.54, 1.807) is 32.4 Å². The van der Waals surface area contributed by atoms with Crippen molar-refractivity contribution >= 4 is 52.1 Å². The molecule has 0 bridgehead atoms. The summed E-state index contributed by atoms with van der Waals surface area (Å²) in [5.41, 5.74) is 2.39. The van der Waals surface area contributed by atoms with Gasteiger partial charge in [0.15, 0.2) is 5.11 Å². The minimum Gasteiger partial charge on any atom is -0.497 e. The lowest BCUT2D eigenvalue weighted by Crippen LogP contribution is -2.18. The molecule has 160 valence electrons. The number of hydrogen-bond acceptors (Lipinski definition) is 5. The van der Waals surface area contributed by atoms with Crippen LogP contribution in [0.1, 0.15) is 0 Å². The first-order chi connectivity index (χ1) is 15.1. The molecule has 0 aliphatic carbocycles. The van der Waals surface area contributed by atoms with E-state index in [9.17, 15) is 4.79 Å². The second-order valence-corrected chi connectivity index (χ2v) is 7.83. The van der Waals surface area contributed by atoms with E-state index >= 15 is 0 Å². The van der Waals surface area contributed by atoms with Crippen LogP contribution in [0.5, 0.6) is 11.5 Å². The number of rotatable bonds is 8. The topological polar surface area (TPSA) is 71.6 Å². The average Bonchev–Trinajstić information content (AvgIpc) is 2.79. The van der Waals surface area contributed by atoms with E-state index in [1.807, 2.05) is 54.6 Å². The van der Waals surface area contributed by atoms with Gasteiger partial charge in [0.1, 0.15) is 11.5 Å². The van der Waals surface area contributed by atoms with Crippen LogP contribution in [0.3, 0.4) is 0 Å². The summed E-state index contributed by atoms with van der Waals surface area (Å²) in [6, 6.07) is 22.7. The number of benzene rings is 3. The lowest BCUT2D eigenvalue weighted by atomic mass is 10.2. The number of hydrogen-bond donors (Lipinski definition) is 3. The number of thiocarbonyl (C=S) groups is 1. The van der Waals surface area contributed by atoms with Crippen LogP contribution in [-0.4, -0.2) is 31.0 Å². The summed E-state index contributed by atoms with van der Waals surface area (Å²) in [6.45, 7) is 0. The number of carbonyl (C=O) groups is 1.